The number of amides is 1. The number of rotatable bonds is 7. The minimum absolute atomic E-state index is 0.0836. The quantitative estimate of drug-likeness (QED) is 0.574. The van der Waals surface area contributed by atoms with Gasteiger partial charge < -0.3 is 15.8 Å². The van der Waals surface area contributed by atoms with Crippen LogP contribution in [0, 0.1) is 0 Å². The number of hydrogen-bond donors (Lipinski definition) is 2. The highest BCUT2D eigenvalue weighted by atomic mass is 79.9. The molecule has 0 aromatic heterocycles. The van der Waals surface area contributed by atoms with Crippen LogP contribution < -0.4 is 11.1 Å². The van der Waals surface area contributed by atoms with Crippen molar-refractivity contribution in [2.24, 2.45) is 5.73 Å². The molecule has 1 aromatic rings. The van der Waals surface area contributed by atoms with E-state index < -0.39 is 12.0 Å². The van der Waals surface area contributed by atoms with Crippen LogP contribution in [0.15, 0.2) is 28.7 Å². The number of esters is 1. The molecular formula is C13H17BrN2O3S. The molecule has 1 atom stereocenters. The van der Waals surface area contributed by atoms with E-state index in [1.54, 1.807) is 0 Å². The number of methoxy groups -OCH3 is 1. The smallest absolute Gasteiger partial charge is 0.322 e. The lowest BCUT2D eigenvalue weighted by Crippen LogP contribution is -2.32. The lowest BCUT2D eigenvalue weighted by atomic mass is 10.2. The second-order valence-electron chi connectivity index (χ2n) is 4.03. The number of halogens is 1. The summed E-state index contributed by atoms with van der Waals surface area (Å²) in [6.45, 7) is 0. The summed E-state index contributed by atoms with van der Waals surface area (Å²) in [5.74, 6) is 0.437. The highest BCUT2D eigenvalue weighted by Crippen LogP contribution is 2.16. The monoisotopic (exact) mass is 360 g/mol. The highest BCUT2D eigenvalue weighted by Gasteiger charge is 2.13. The van der Waals surface area contributed by atoms with Gasteiger partial charge in [0.25, 0.3) is 0 Å². The van der Waals surface area contributed by atoms with Crippen LogP contribution in [-0.4, -0.2) is 36.5 Å². The summed E-state index contributed by atoms with van der Waals surface area (Å²) in [5.41, 5.74) is 6.34. The molecule has 0 radical (unpaired) electrons. The summed E-state index contributed by atoms with van der Waals surface area (Å²) in [4.78, 5) is 22.8. The van der Waals surface area contributed by atoms with Gasteiger partial charge in [-0.1, -0.05) is 22.0 Å². The Morgan fingerprint density at radius 1 is 1.50 bits per heavy atom. The van der Waals surface area contributed by atoms with Gasteiger partial charge >= 0.3 is 5.97 Å². The van der Waals surface area contributed by atoms with Crippen LogP contribution in [-0.2, 0) is 14.3 Å². The van der Waals surface area contributed by atoms with Gasteiger partial charge in [0, 0.05) is 10.2 Å². The maximum atomic E-state index is 11.7. The first-order valence-electron chi connectivity index (χ1n) is 5.99. The average Bonchev–Trinajstić information content (AvgIpc) is 2.42. The van der Waals surface area contributed by atoms with Crippen molar-refractivity contribution in [3.05, 3.63) is 28.7 Å². The van der Waals surface area contributed by atoms with Crippen molar-refractivity contribution in [2.75, 3.05) is 23.9 Å². The molecule has 0 aliphatic carbocycles. The van der Waals surface area contributed by atoms with Gasteiger partial charge in [0.2, 0.25) is 5.91 Å². The van der Waals surface area contributed by atoms with Crippen LogP contribution in [0.25, 0.3) is 0 Å². The molecule has 110 valence electrons. The number of hydrogen-bond acceptors (Lipinski definition) is 5. The first-order valence-corrected chi connectivity index (χ1v) is 7.94. The zero-order valence-corrected chi connectivity index (χ0v) is 13.5. The van der Waals surface area contributed by atoms with E-state index in [9.17, 15) is 9.59 Å². The van der Waals surface area contributed by atoms with Gasteiger partial charge in [-0.25, -0.2) is 0 Å². The fourth-order valence-electron chi connectivity index (χ4n) is 1.41. The predicted octanol–water partition coefficient (Wildman–Crippen LogP) is 2.01. The number of anilines is 1. The summed E-state index contributed by atoms with van der Waals surface area (Å²) < 4.78 is 5.43. The van der Waals surface area contributed by atoms with Crippen LogP contribution in [0.5, 0.6) is 0 Å². The van der Waals surface area contributed by atoms with Gasteiger partial charge in [-0.05, 0) is 30.4 Å². The molecule has 7 heteroatoms. The standard InChI is InChI=1S/C13H17BrN2O3S/c1-19-13(18)11(15)5-6-20-8-12(17)16-10-4-2-3-9(14)7-10/h2-4,7,11H,5-6,8,15H2,1H3,(H,16,17). The largest absolute Gasteiger partial charge is 0.468 e. The van der Waals surface area contributed by atoms with Crippen LogP contribution in [0.4, 0.5) is 5.69 Å². The Balaban J connectivity index is 2.22. The number of nitrogens with one attached hydrogen (secondary N) is 1. The zero-order valence-electron chi connectivity index (χ0n) is 11.1. The van der Waals surface area contributed by atoms with Gasteiger partial charge in [-0.15, -0.1) is 0 Å². The van der Waals surface area contributed by atoms with Crippen molar-refractivity contribution in [1.82, 2.24) is 0 Å². The highest BCUT2D eigenvalue weighted by molar-refractivity contribution is 9.10. The molecule has 1 unspecified atom stereocenters. The molecule has 0 bridgehead atoms. The van der Waals surface area contributed by atoms with Crippen molar-refractivity contribution >= 4 is 45.3 Å². The molecule has 0 aliphatic rings. The summed E-state index contributed by atoms with van der Waals surface area (Å²) in [6.07, 6.45) is 0.488. The Morgan fingerprint density at radius 2 is 2.25 bits per heavy atom. The molecule has 1 rings (SSSR count). The maximum absolute atomic E-state index is 11.7. The minimum atomic E-state index is -0.624. The van der Waals surface area contributed by atoms with Crippen molar-refractivity contribution in [2.45, 2.75) is 12.5 Å². The van der Waals surface area contributed by atoms with E-state index >= 15 is 0 Å². The number of carbonyl (C=O) groups excluding carboxylic acids is 2. The van der Waals surface area contributed by atoms with Gasteiger partial charge in [-0.2, -0.15) is 11.8 Å². The van der Waals surface area contributed by atoms with Crippen LogP contribution in [0.1, 0.15) is 6.42 Å². The SMILES string of the molecule is COC(=O)C(N)CCSCC(=O)Nc1cccc(Br)c1. The molecule has 0 aliphatic heterocycles. The molecule has 0 heterocycles. The minimum Gasteiger partial charge on any atom is -0.468 e. The van der Waals surface area contributed by atoms with E-state index in [0.717, 1.165) is 10.2 Å². The van der Waals surface area contributed by atoms with Crippen LogP contribution in [0.3, 0.4) is 0 Å². The van der Waals surface area contributed by atoms with E-state index in [0.29, 0.717) is 17.9 Å². The summed E-state index contributed by atoms with van der Waals surface area (Å²) in [7, 11) is 1.31. The molecule has 1 aromatic carbocycles. The Hall–Kier alpha value is -1.05. The van der Waals surface area contributed by atoms with E-state index in [4.69, 9.17) is 5.73 Å². The van der Waals surface area contributed by atoms with E-state index in [1.165, 1.54) is 18.9 Å². The maximum Gasteiger partial charge on any atom is 0.322 e. The number of thioether (sulfide) groups is 1. The van der Waals surface area contributed by atoms with Crippen molar-refractivity contribution in [3.63, 3.8) is 0 Å². The fourth-order valence-corrected chi connectivity index (χ4v) is 2.63. The van der Waals surface area contributed by atoms with Crippen molar-refractivity contribution in [3.8, 4) is 0 Å². The van der Waals surface area contributed by atoms with E-state index in [2.05, 4.69) is 26.0 Å². The number of nitrogens with two attached hydrogens (primary N) is 1. The first kappa shape index (κ1) is 17.0. The number of carbonyl (C=O) groups is 2. The van der Waals surface area contributed by atoms with E-state index in [1.807, 2.05) is 24.3 Å². The summed E-state index contributed by atoms with van der Waals surface area (Å²) in [5, 5.41) is 2.79. The third kappa shape index (κ3) is 6.40. The molecule has 0 saturated heterocycles. The van der Waals surface area contributed by atoms with Crippen LogP contribution in [0.2, 0.25) is 0 Å². The predicted molar refractivity (Wildman–Crippen MR) is 84.7 cm³/mol. The van der Waals surface area contributed by atoms with Crippen molar-refractivity contribution in [1.29, 1.82) is 0 Å². The molecule has 0 fully saturated rings. The second-order valence-corrected chi connectivity index (χ2v) is 6.05. The van der Waals surface area contributed by atoms with Gasteiger partial charge in [0.15, 0.2) is 0 Å². The number of ether oxygens (including phenoxy) is 1. The third-order valence-corrected chi connectivity index (χ3v) is 3.90. The summed E-state index contributed by atoms with van der Waals surface area (Å²) >= 11 is 4.77. The lowest BCUT2D eigenvalue weighted by Gasteiger charge is -2.09. The molecule has 3 N–H and O–H groups in total. The average molecular weight is 361 g/mol. The Bertz CT molecular complexity index is 471. The third-order valence-electron chi connectivity index (χ3n) is 2.42. The van der Waals surface area contributed by atoms with Gasteiger partial charge in [-0.3, -0.25) is 9.59 Å². The zero-order chi connectivity index (χ0) is 15.0. The van der Waals surface area contributed by atoms with Gasteiger partial charge in [0.05, 0.1) is 12.9 Å². The number of benzene rings is 1. The first-order chi connectivity index (χ1) is 9.52. The molecular weight excluding hydrogens is 344 g/mol. The van der Waals surface area contributed by atoms with Gasteiger partial charge in [0.1, 0.15) is 6.04 Å². The Kier molecular flexibility index (Phi) is 7.64. The fraction of sp³-hybridized carbons (Fsp3) is 0.385. The molecule has 1 amide bonds. The second kappa shape index (κ2) is 8.99. The Labute approximate surface area is 130 Å². The van der Waals surface area contributed by atoms with E-state index in [-0.39, 0.29) is 5.91 Å². The molecule has 20 heavy (non-hydrogen) atoms. The topological polar surface area (TPSA) is 81.4 Å². The lowest BCUT2D eigenvalue weighted by molar-refractivity contribution is -0.142. The van der Waals surface area contributed by atoms with Crippen molar-refractivity contribution < 1.29 is 14.3 Å². The molecule has 0 spiro atoms. The Morgan fingerprint density at radius 3 is 2.90 bits per heavy atom. The normalized spacial score (nSPS) is 11.8. The molecule has 5 nitrogen and oxygen atoms in total. The molecule has 0 saturated carbocycles. The summed E-state index contributed by atoms with van der Waals surface area (Å²) in [6, 6.07) is 6.76. The van der Waals surface area contributed by atoms with Crippen LogP contribution >= 0.6 is 27.7 Å².